The van der Waals surface area contributed by atoms with Gasteiger partial charge in [0, 0.05) is 12.2 Å². The lowest BCUT2D eigenvalue weighted by Gasteiger charge is -2.37. The fraction of sp³-hybridized carbons (Fsp3) is 0.409. The zero-order chi connectivity index (χ0) is 24.8. The van der Waals surface area contributed by atoms with E-state index in [2.05, 4.69) is 9.97 Å². The number of hydrogen-bond donors (Lipinski definition) is 0. The van der Waals surface area contributed by atoms with E-state index in [1.54, 1.807) is 20.8 Å². The van der Waals surface area contributed by atoms with Gasteiger partial charge in [-0.2, -0.15) is 13.2 Å². The summed E-state index contributed by atoms with van der Waals surface area (Å²) in [5, 5.41) is 0.656. The van der Waals surface area contributed by atoms with Gasteiger partial charge in [0.1, 0.15) is 22.2 Å². The zero-order valence-corrected chi connectivity index (χ0v) is 20.0. The maximum Gasteiger partial charge on any atom is 0.416 e. The molecule has 0 aliphatic carbocycles. The number of carbonyl (C=O) groups is 1. The third kappa shape index (κ3) is 4.80. The maximum absolute atomic E-state index is 14.2. The summed E-state index contributed by atoms with van der Waals surface area (Å²) in [6, 6.07) is 4.27. The van der Waals surface area contributed by atoms with Gasteiger partial charge in [0.15, 0.2) is 5.65 Å². The molecule has 1 aliphatic rings. The summed E-state index contributed by atoms with van der Waals surface area (Å²) in [6.07, 6.45) is -4.22. The Bertz CT molecular complexity index is 1240. The topological polar surface area (TPSA) is 69.5 Å². The molecule has 12 heteroatoms. The second-order valence-corrected chi connectivity index (χ2v) is 9.48. The van der Waals surface area contributed by atoms with Gasteiger partial charge in [-0.25, -0.2) is 14.8 Å². The second kappa shape index (κ2) is 8.90. The minimum Gasteiger partial charge on any atom is -0.444 e. The van der Waals surface area contributed by atoms with E-state index < -0.39 is 29.5 Å². The summed E-state index contributed by atoms with van der Waals surface area (Å²) in [6.45, 7) is 5.27. The molecule has 0 N–H and O–H groups in total. The molecule has 1 atom stereocenters. The van der Waals surface area contributed by atoms with Crippen LogP contribution in [0.25, 0.3) is 16.7 Å². The highest BCUT2D eigenvalue weighted by molar-refractivity contribution is 6.36. The van der Waals surface area contributed by atoms with Crippen molar-refractivity contribution in [2.75, 3.05) is 19.8 Å². The molecule has 1 aliphatic heterocycles. The van der Waals surface area contributed by atoms with Crippen LogP contribution >= 0.6 is 23.2 Å². The number of fused-ring (bicyclic) bond motifs is 1. The summed E-state index contributed by atoms with van der Waals surface area (Å²) < 4.78 is 54.9. The summed E-state index contributed by atoms with van der Waals surface area (Å²) in [4.78, 5) is 22.0. The van der Waals surface area contributed by atoms with Crippen LogP contribution in [0, 0.1) is 0 Å². The SMILES string of the molecule is CC(C)(C)OC(=O)N1CCOCC1c1ccc(-n2c(Cl)cc3c(Cl)ncnc32)cc1C(F)(F)F. The Morgan fingerprint density at radius 2 is 1.91 bits per heavy atom. The second-order valence-electron chi connectivity index (χ2n) is 8.74. The number of aromatic nitrogens is 3. The molecule has 34 heavy (non-hydrogen) atoms. The van der Waals surface area contributed by atoms with E-state index in [1.165, 1.54) is 34.0 Å². The standard InChI is InChI=1S/C22H21Cl2F3N4O3/c1-21(2,3)34-20(32)30-6-7-33-10-16(30)13-5-4-12(8-15(13)22(25,26)27)31-17(23)9-14-18(24)28-11-29-19(14)31/h4-5,8-9,11,16H,6-7,10H2,1-3H3. The van der Waals surface area contributed by atoms with Crippen LogP contribution in [0.3, 0.4) is 0 Å². The Kier molecular flexibility index (Phi) is 6.43. The van der Waals surface area contributed by atoms with Crippen molar-refractivity contribution in [2.45, 2.75) is 38.6 Å². The van der Waals surface area contributed by atoms with E-state index in [-0.39, 0.29) is 47.0 Å². The fourth-order valence-corrected chi connectivity index (χ4v) is 4.29. The highest BCUT2D eigenvalue weighted by Crippen LogP contribution is 2.40. The number of nitrogens with zero attached hydrogens (tertiary/aromatic N) is 4. The van der Waals surface area contributed by atoms with E-state index in [4.69, 9.17) is 32.7 Å². The number of alkyl halides is 3. The molecule has 0 spiro atoms. The highest BCUT2D eigenvalue weighted by Gasteiger charge is 2.40. The fourth-order valence-electron chi connectivity index (χ4n) is 3.82. The van der Waals surface area contributed by atoms with E-state index in [0.29, 0.717) is 5.39 Å². The number of halogens is 5. The monoisotopic (exact) mass is 516 g/mol. The van der Waals surface area contributed by atoms with Crippen LogP contribution < -0.4 is 0 Å². The predicted molar refractivity (Wildman–Crippen MR) is 120 cm³/mol. The van der Waals surface area contributed by atoms with Gasteiger partial charge in [-0.3, -0.25) is 9.47 Å². The first kappa shape index (κ1) is 24.6. The molecule has 0 radical (unpaired) electrons. The summed E-state index contributed by atoms with van der Waals surface area (Å²) >= 11 is 12.4. The highest BCUT2D eigenvalue weighted by atomic mass is 35.5. The quantitative estimate of drug-likeness (QED) is 0.387. The Labute approximate surface area is 203 Å². The van der Waals surface area contributed by atoms with Crippen LogP contribution in [-0.4, -0.2) is 50.9 Å². The average Bonchev–Trinajstić information content (AvgIpc) is 3.09. The lowest BCUT2D eigenvalue weighted by atomic mass is 9.97. The van der Waals surface area contributed by atoms with E-state index in [0.717, 1.165) is 6.07 Å². The third-order valence-electron chi connectivity index (χ3n) is 5.22. The molecule has 1 aromatic carbocycles. The first-order chi connectivity index (χ1) is 15.9. The number of rotatable bonds is 2. The molecule has 1 unspecified atom stereocenters. The van der Waals surface area contributed by atoms with Gasteiger partial charge in [-0.1, -0.05) is 29.3 Å². The van der Waals surface area contributed by atoms with Crippen molar-refractivity contribution >= 4 is 40.3 Å². The normalized spacial score (nSPS) is 17.3. The van der Waals surface area contributed by atoms with Gasteiger partial charge in [-0.15, -0.1) is 0 Å². The number of morpholine rings is 1. The number of hydrogen-bond acceptors (Lipinski definition) is 5. The molecule has 3 aromatic rings. The molecule has 182 valence electrons. The number of amides is 1. The Hall–Kier alpha value is -2.56. The predicted octanol–water partition coefficient (Wildman–Crippen LogP) is 6.05. The van der Waals surface area contributed by atoms with Crippen LogP contribution in [0.2, 0.25) is 10.3 Å². The Balaban J connectivity index is 1.82. The van der Waals surface area contributed by atoms with Gasteiger partial charge >= 0.3 is 12.3 Å². The first-order valence-electron chi connectivity index (χ1n) is 10.3. The van der Waals surface area contributed by atoms with Crippen LogP contribution in [0.15, 0.2) is 30.6 Å². The van der Waals surface area contributed by atoms with Crippen LogP contribution in [-0.2, 0) is 15.7 Å². The van der Waals surface area contributed by atoms with Crippen molar-refractivity contribution < 1.29 is 27.4 Å². The summed E-state index contributed by atoms with van der Waals surface area (Å²) in [5.41, 5.74) is -1.44. The van der Waals surface area contributed by atoms with Gasteiger partial charge in [0.05, 0.1) is 30.2 Å². The van der Waals surface area contributed by atoms with Crippen molar-refractivity contribution in [3.63, 3.8) is 0 Å². The molecule has 1 amide bonds. The van der Waals surface area contributed by atoms with E-state index >= 15 is 0 Å². The maximum atomic E-state index is 14.2. The number of benzene rings is 1. The van der Waals surface area contributed by atoms with Gasteiger partial charge in [0.2, 0.25) is 0 Å². The van der Waals surface area contributed by atoms with E-state index in [1.807, 2.05) is 0 Å². The van der Waals surface area contributed by atoms with Crippen LogP contribution in [0.4, 0.5) is 18.0 Å². The van der Waals surface area contributed by atoms with Crippen molar-refractivity contribution in [3.8, 4) is 5.69 Å². The van der Waals surface area contributed by atoms with Crippen LogP contribution in [0.5, 0.6) is 0 Å². The van der Waals surface area contributed by atoms with Crippen molar-refractivity contribution in [3.05, 3.63) is 52.0 Å². The van der Waals surface area contributed by atoms with Crippen molar-refractivity contribution in [2.24, 2.45) is 0 Å². The minimum absolute atomic E-state index is 0.0993. The number of ether oxygens (including phenoxy) is 2. The molecule has 4 rings (SSSR count). The molecule has 1 saturated heterocycles. The smallest absolute Gasteiger partial charge is 0.416 e. The molecule has 1 fully saturated rings. The largest absolute Gasteiger partial charge is 0.444 e. The Morgan fingerprint density at radius 3 is 2.59 bits per heavy atom. The average molecular weight is 517 g/mol. The molecule has 2 aromatic heterocycles. The molecule has 7 nitrogen and oxygen atoms in total. The lowest BCUT2D eigenvalue weighted by molar-refractivity contribution is -0.139. The van der Waals surface area contributed by atoms with Gasteiger partial charge in [0.25, 0.3) is 0 Å². The summed E-state index contributed by atoms with van der Waals surface area (Å²) in [5.74, 6) is 0. The lowest BCUT2D eigenvalue weighted by Crippen LogP contribution is -2.46. The molecular weight excluding hydrogens is 496 g/mol. The van der Waals surface area contributed by atoms with E-state index in [9.17, 15) is 18.0 Å². The zero-order valence-electron chi connectivity index (χ0n) is 18.5. The summed E-state index contributed by atoms with van der Waals surface area (Å²) in [7, 11) is 0. The van der Waals surface area contributed by atoms with Crippen molar-refractivity contribution in [1.29, 1.82) is 0 Å². The van der Waals surface area contributed by atoms with Gasteiger partial charge < -0.3 is 9.47 Å². The molecule has 0 saturated carbocycles. The number of carbonyl (C=O) groups excluding carboxylic acids is 1. The molecule has 3 heterocycles. The molecular formula is C22H21Cl2F3N4O3. The van der Waals surface area contributed by atoms with Crippen molar-refractivity contribution in [1.82, 2.24) is 19.4 Å². The molecule has 0 bridgehead atoms. The minimum atomic E-state index is -4.72. The third-order valence-corrected chi connectivity index (χ3v) is 5.80. The first-order valence-corrected chi connectivity index (χ1v) is 11.1. The van der Waals surface area contributed by atoms with Gasteiger partial charge in [-0.05, 0) is 44.5 Å². The van der Waals surface area contributed by atoms with Crippen LogP contribution in [0.1, 0.15) is 37.9 Å². The Morgan fingerprint density at radius 1 is 1.18 bits per heavy atom.